The van der Waals surface area contributed by atoms with Crippen LogP contribution in [0.25, 0.3) is 0 Å². The van der Waals surface area contributed by atoms with Crippen LogP contribution in [0.15, 0.2) is 24.8 Å². The molecule has 0 spiro atoms. The maximum absolute atomic E-state index is 9.52. The van der Waals surface area contributed by atoms with Crippen molar-refractivity contribution in [2.24, 2.45) is 0 Å². The number of hydrogen-bond donors (Lipinski definition) is 2. The van der Waals surface area contributed by atoms with E-state index >= 15 is 0 Å². The fourth-order valence-corrected chi connectivity index (χ4v) is 0.695. The standard InChI is InChI=1S/C10H18O3/c1-5-10(4,11)8-6-7-9(2,3)13-12/h5-7,11-12H,1,8H2,2-4H3/b7-6+. The molecule has 0 amide bonds. The molecular formula is C10H18O3. The minimum absolute atomic E-state index is 0.448. The van der Waals surface area contributed by atoms with Crippen LogP contribution in [0.3, 0.4) is 0 Å². The van der Waals surface area contributed by atoms with E-state index in [0.717, 1.165) is 0 Å². The molecule has 0 bridgehead atoms. The van der Waals surface area contributed by atoms with Crippen molar-refractivity contribution < 1.29 is 15.3 Å². The van der Waals surface area contributed by atoms with Gasteiger partial charge in [-0.15, -0.1) is 6.58 Å². The summed E-state index contributed by atoms with van der Waals surface area (Å²) in [6, 6.07) is 0. The Hall–Kier alpha value is -0.640. The van der Waals surface area contributed by atoms with Crippen molar-refractivity contribution in [1.29, 1.82) is 0 Å². The van der Waals surface area contributed by atoms with Crippen LogP contribution in [0.1, 0.15) is 27.2 Å². The van der Waals surface area contributed by atoms with Gasteiger partial charge < -0.3 is 5.11 Å². The average molecular weight is 186 g/mol. The lowest BCUT2D eigenvalue weighted by Crippen LogP contribution is -2.21. The van der Waals surface area contributed by atoms with E-state index in [0.29, 0.717) is 6.42 Å². The minimum atomic E-state index is -0.901. The van der Waals surface area contributed by atoms with E-state index in [2.05, 4.69) is 11.5 Å². The number of aliphatic hydroxyl groups is 1. The van der Waals surface area contributed by atoms with Gasteiger partial charge in [-0.25, -0.2) is 4.89 Å². The predicted octanol–water partition coefficient (Wildman–Crippen LogP) is 2.14. The lowest BCUT2D eigenvalue weighted by atomic mass is 10.0. The highest BCUT2D eigenvalue weighted by atomic mass is 17.1. The lowest BCUT2D eigenvalue weighted by Gasteiger charge is -2.18. The van der Waals surface area contributed by atoms with Gasteiger partial charge in [0.15, 0.2) is 0 Å². The van der Waals surface area contributed by atoms with Gasteiger partial charge in [0.25, 0.3) is 0 Å². The van der Waals surface area contributed by atoms with Crippen molar-refractivity contribution in [3.63, 3.8) is 0 Å². The molecule has 0 aliphatic rings. The van der Waals surface area contributed by atoms with E-state index in [4.69, 9.17) is 5.26 Å². The lowest BCUT2D eigenvalue weighted by molar-refractivity contribution is -0.297. The maximum atomic E-state index is 9.52. The highest BCUT2D eigenvalue weighted by molar-refractivity contribution is 5.03. The molecular weight excluding hydrogens is 168 g/mol. The Morgan fingerprint density at radius 2 is 1.92 bits per heavy atom. The molecule has 3 nitrogen and oxygen atoms in total. The molecule has 3 heteroatoms. The van der Waals surface area contributed by atoms with Gasteiger partial charge in [-0.2, -0.15) is 0 Å². The van der Waals surface area contributed by atoms with Crippen LogP contribution in [0.5, 0.6) is 0 Å². The first kappa shape index (κ1) is 12.4. The monoisotopic (exact) mass is 186 g/mol. The molecule has 0 aromatic heterocycles. The Kier molecular flexibility index (Phi) is 4.33. The SMILES string of the molecule is C=CC(C)(O)C/C=C/C(C)(C)OO. The summed E-state index contributed by atoms with van der Waals surface area (Å²) in [5.74, 6) is 0. The smallest absolute Gasteiger partial charge is 0.116 e. The van der Waals surface area contributed by atoms with Crippen LogP contribution in [0, 0.1) is 0 Å². The van der Waals surface area contributed by atoms with Crippen molar-refractivity contribution in [2.75, 3.05) is 0 Å². The Labute approximate surface area is 79.3 Å². The van der Waals surface area contributed by atoms with E-state index in [-0.39, 0.29) is 0 Å². The molecule has 0 aliphatic carbocycles. The summed E-state index contributed by atoms with van der Waals surface area (Å²) in [4.78, 5) is 4.19. The van der Waals surface area contributed by atoms with Gasteiger partial charge in [-0.1, -0.05) is 18.2 Å². The molecule has 0 aromatic rings. The third-order valence-electron chi connectivity index (χ3n) is 1.73. The van der Waals surface area contributed by atoms with Crippen molar-refractivity contribution in [3.05, 3.63) is 24.8 Å². The molecule has 1 atom stereocenters. The van der Waals surface area contributed by atoms with E-state index in [1.807, 2.05) is 0 Å². The molecule has 76 valence electrons. The van der Waals surface area contributed by atoms with Crippen LogP contribution in [-0.2, 0) is 4.89 Å². The Bertz CT molecular complexity index is 192. The molecule has 13 heavy (non-hydrogen) atoms. The van der Waals surface area contributed by atoms with E-state index < -0.39 is 11.2 Å². The van der Waals surface area contributed by atoms with E-state index in [1.165, 1.54) is 6.08 Å². The highest BCUT2D eigenvalue weighted by Crippen LogP contribution is 2.14. The molecule has 0 aromatic carbocycles. The molecule has 0 radical (unpaired) electrons. The summed E-state index contributed by atoms with van der Waals surface area (Å²) in [6.45, 7) is 8.60. The van der Waals surface area contributed by atoms with Gasteiger partial charge in [0.2, 0.25) is 0 Å². The van der Waals surface area contributed by atoms with Gasteiger partial charge >= 0.3 is 0 Å². The van der Waals surface area contributed by atoms with Crippen LogP contribution in [0.4, 0.5) is 0 Å². The highest BCUT2D eigenvalue weighted by Gasteiger charge is 2.16. The molecule has 0 heterocycles. The fourth-order valence-electron chi connectivity index (χ4n) is 0.695. The summed E-state index contributed by atoms with van der Waals surface area (Å²) < 4.78 is 0. The van der Waals surface area contributed by atoms with Crippen molar-refractivity contribution in [1.82, 2.24) is 0 Å². The summed E-state index contributed by atoms with van der Waals surface area (Å²) in [5.41, 5.74) is -1.61. The van der Waals surface area contributed by atoms with Gasteiger partial charge in [-0.05, 0) is 27.2 Å². The molecule has 0 rings (SSSR count). The zero-order valence-corrected chi connectivity index (χ0v) is 8.45. The number of hydrogen-bond acceptors (Lipinski definition) is 3. The number of rotatable bonds is 5. The molecule has 0 fully saturated rings. The Balaban J connectivity index is 4.09. The van der Waals surface area contributed by atoms with Crippen LogP contribution >= 0.6 is 0 Å². The van der Waals surface area contributed by atoms with Crippen LogP contribution in [0.2, 0.25) is 0 Å². The molecule has 2 N–H and O–H groups in total. The quantitative estimate of drug-likeness (QED) is 0.393. The second-order valence-electron chi connectivity index (χ2n) is 3.86. The first-order valence-electron chi connectivity index (χ1n) is 4.19. The second-order valence-corrected chi connectivity index (χ2v) is 3.86. The first-order valence-corrected chi connectivity index (χ1v) is 4.19. The summed E-state index contributed by atoms with van der Waals surface area (Å²) in [5, 5.41) is 18.0. The normalized spacial score (nSPS) is 17.3. The molecule has 1 unspecified atom stereocenters. The van der Waals surface area contributed by atoms with Gasteiger partial charge in [0.1, 0.15) is 5.60 Å². The predicted molar refractivity (Wildman–Crippen MR) is 52.4 cm³/mol. The van der Waals surface area contributed by atoms with Crippen molar-refractivity contribution >= 4 is 0 Å². The summed E-state index contributed by atoms with van der Waals surface area (Å²) in [6.07, 6.45) is 5.36. The first-order chi connectivity index (χ1) is 5.83. The van der Waals surface area contributed by atoms with E-state index in [1.54, 1.807) is 32.9 Å². The van der Waals surface area contributed by atoms with Crippen LogP contribution in [-0.4, -0.2) is 21.6 Å². The topological polar surface area (TPSA) is 49.7 Å². The fraction of sp³-hybridized carbons (Fsp3) is 0.600. The van der Waals surface area contributed by atoms with Crippen molar-refractivity contribution in [2.45, 2.75) is 38.4 Å². The molecule has 0 saturated carbocycles. The Morgan fingerprint density at radius 1 is 1.38 bits per heavy atom. The van der Waals surface area contributed by atoms with Crippen molar-refractivity contribution in [3.8, 4) is 0 Å². The zero-order chi connectivity index (χ0) is 10.5. The Morgan fingerprint density at radius 3 is 2.31 bits per heavy atom. The van der Waals surface area contributed by atoms with Gasteiger partial charge in [0, 0.05) is 0 Å². The van der Waals surface area contributed by atoms with E-state index in [9.17, 15) is 5.11 Å². The van der Waals surface area contributed by atoms with Crippen LogP contribution < -0.4 is 0 Å². The van der Waals surface area contributed by atoms with Gasteiger partial charge in [-0.3, -0.25) is 5.26 Å². The molecule has 0 aliphatic heterocycles. The molecule has 0 saturated heterocycles. The zero-order valence-electron chi connectivity index (χ0n) is 8.45. The summed E-state index contributed by atoms with van der Waals surface area (Å²) >= 11 is 0. The third kappa shape index (κ3) is 5.58. The maximum Gasteiger partial charge on any atom is 0.116 e. The third-order valence-corrected chi connectivity index (χ3v) is 1.73. The minimum Gasteiger partial charge on any atom is -0.386 e. The summed E-state index contributed by atoms with van der Waals surface area (Å²) in [7, 11) is 0. The largest absolute Gasteiger partial charge is 0.386 e. The average Bonchev–Trinajstić information content (AvgIpc) is 2.04. The second kappa shape index (κ2) is 4.56. The van der Waals surface area contributed by atoms with Gasteiger partial charge in [0.05, 0.1) is 5.60 Å².